The first-order valence-corrected chi connectivity index (χ1v) is 9.28. The first kappa shape index (κ1) is 15.9. The Balaban J connectivity index is 1.88. The molecule has 1 aromatic rings. The summed E-state index contributed by atoms with van der Waals surface area (Å²) in [6, 6.07) is 10.2. The van der Waals surface area contributed by atoms with E-state index in [9.17, 15) is 4.79 Å². The van der Waals surface area contributed by atoms with Crippen molar-refractivity contribution in [3.63, 3.8) is 0 Å². The molecule has 0 bridgehead atoms. The summed E-state index contributed by atoms with van der Waals surface area (Å²) in [6.07, 6.45) is 4.68. The van der Waals surface area contributed by atoms with Gasteiger partial charge < -0.3 is 0 Å². The molecule has 22 heavy (non-hydrogen) atoms. The van der Waals surface area contributed by atoms with E-state index in [1.807, 2.05) is 30.0 Å². The summed E-state index contributed by atoms with van der Waals surface area (Å²) in [6.45, 7) is 9.11. The third kappa shape index (κ3) is 2.68. The van der Waals surface area contributed by atoms with Crippen molar-refractivity contribution in [1.82, 2.24) is 0 Å². The molecule has 1 unspecified atom stereocenters. The largest absolute Gasteiger partial charge is 0.296 e. The van der Waals surface area contributed by atoms with Crippen molar-refractivity contribution in [1.29, 1.82) is 0 Å². The molecule has 1 aliphatic heterocycles. The van der Waals surface area contributed by atoms with Crippen LogP contribution in [0.1, 0.15) is 53.4 Å². The minimum atomic E-state index is -0.0143. The fourth-order valence-corrected chi connectivity index (χ4v) is 5.67. The maximum Gasteiger partial charge on any atom is 0.241 e. The van der Waals surface area contributed by atoms with E-state index in [0.29, 0.717) is 5.41 Å². The molecule has 0 radical (unpaired) electrons. The summed E-state index contributed by atoms with van der Waals surface area (Å²) in [5.41, 5.74) is 1.44. The number of hydrogen-bond acceptors (Lipinski definition) is 2. The van der Waals surface area contributed by atoms with Crippen LogP contribution in [0, 0.1) is 11.3 Å². The minimum absolute atomic E-state index is 0.0143. The van der Waals surface area contributed by atoms with Gasteiger partial charge in [-0.15, -0.1) is 11.8 Å². The van der Waals surface area contributed by atoms with Crippen LogP contribution in [0.25, 0.3) is 0 Å². The molecule has 1 spiro atoms. The van der Waals surface area contributed by atoms with Crippen LogP contribution in [0.15, 0.2) is 30.3 Å². The topological polar surface area (TPSA) is 20.3 Å². The molecule has 2 nitrogen and oxygen atoms in total. The molecule has 2 fully saturated rings. The average molecular weight is 317 g/mol. The fourth-order valence-electron chi connectivity index (χ4n) is 4.03. The highest BCUT2D eigenvalue weighted by Crippen LogP contribution is 2.54. The van der Waals surface area contributed by atoms with E-state index in [1.165, 1.54) is 12.8 Å². The zero-order valence-electron chi connectivity index (χ0n) is 14.1. The summed E-state index contributed by atoms with van der Waals surface area (Å²) in [5, 5.41) is 0.0754. The van der Waals surface area contributed by atoms with Crippen LogP contribution in [0.3, 0.4) is 0 Å². The van der Waals surface area contributed by atoms with Gasteiger partial charge in [0.05, 0.1) is 10.1 Å². The fraction of sp³-hybridized carbons (Fsp3) is 0.632. The van der Waals surface area contributed by atoms with E-state index in [4.69, 9.17) is 0 Å². The summed E-state index contributed by atoms with van der Waals surface area (Å²) in [4.78, 5) is 14.9. The Morgan fingerprint density at radius 3 is 2.27 bits per heavy atom. The molecular weight excluding hydrogens is 290 g/mol. The second-order valence-electron chi connectivity index (χ2n) is 7.86. The predicted octanol–water partition coefficient (Wildman–Crippen LogP) is 5.09. The number of rotatable bonds is 1. The Hall–Kier alpha value is -0.960. The van der Waals surface area contributed by atoms with Gasteiger partial charge in [0.2, 0.25) is 5.91 Å². The Kier molecular flexibility index (Phi) is 4.05. The Morgan fingerprint density at radius 1 is 1.14 bits per heavy atom. The number of hydrogen-bond donors (Lipinski definition) is 0. The summed E-state index contributed by atoms with van der Waals surface area (Å²) >= 11 is 1.89. The SMILES string of the molecule is CC1SC2(CCC(C(C)(C)C)CC2)N(c2ccccc2)C1=O. The highest BCUT2D eigenvalue weighted by atomic mass is 32.2. The zero-order chi connectivity index (χ0) is 16.0. The van der Waals surface area contributed by atoms with Gasteiger partial charge >= 0.3 is 0 Å². The van der Waals surface area contributed by atoms with E-state index in [0.717, 1.165) is 24.4 Å². The molecule has 1 aromatic carbocycles. The van der Waals surface area contributed by atoms with Gasteiger partial charge in [0.15, 0.2) is 0 Å². The number of carbonyl (C=O) groups is 1. The molecule has 0 N–H and O–H groups in total. The second-order valence-corrected chi connectivity index (χ2v) is 9.56. The Labute approximate surface area is 138 Å². The van der Waals surface area contributed by atoms with Gasteiger partial charge in [-0.25, -0.2) is 0 Å². The molecule has 1 heterocycles. The van der Waals surface area contributed by atoms with Gasteiger partial charge in [0.25, 0.3) is 0 Å². The molecule has 0 aromatic heterocycles. The van der Waals surface area contributed by atoms with Gasteiger partial charge in [-0.05, 0) is 56.1 Å². The highest BCUT2D eigenvalue weighted by Gasteiger charge is 2.52. The minimum Gasteiger partial charge on any atom is -0.296 e. The van der Waals surface area contributed by atoms with Gasteiger partial charge in [0, 0.05) is 5.69 Å². The van der Waals surface area contributed by atoms with E-state index in [-0.39, 0.29) is 16.0 Å². The van der Waals surface area contributed by atoms with Gasteiger partial charge in [-0.3, -0.25) is 9.69 Å². The molecule has 1 saturated heterocycles. The molecule has 1 atom stereocenters. The first-order chi connectivity index (χ1) is 10.3. The summed E-state index contributed by atoms with van der Waals surface area (Å²) in [5.74, 6) is 1.05. The number of amides is 1. The van der Waals surface area contributed by atoms with Crippen molar-refractivity contribution >= 4 is 23.4 Å². The van der Waals surface area contributed by atoms with Crippen LogP contribution in [0.2, 0.25) is 0 Å². The Bertz CT molecular complexity index is 540. The van der Waals surface area contributed by atoms with Crippen molar-refractivity contribution in [2.45, 2.75) is 63.5 Å². The maximum absolute atomic E-state index is 12.8. The third-order valence-corrected chi connectivity index (χ3v) is 6.96. The van der Waals surface area contributed by atoms with Crippen LogP contribution < -0.4 is 4.90 Å². The quantitative estimate of drug-likeness (QED) is 0.719. The summed E-state index contributed by atoms with van der Waals surface area (Å²) in [7, 11) is 0. The van der Waals surface area contributed by atoms with Crippen LogP contribution >= 0.6 is 11.8 Å². The van der Waals surface area contributed by atoms with Crippen molar-refractivity contribution in [3.8, 4) is 0 Å². The third-order valence-electron chi connectivity index (χ3n) is 5.38. The lowest BCUT2D eigenvalue weighted by atomic mass is 9.71. The van der Waals surface area contributed by atoms with Crippen molar-refractivity contribution in [2.75, 3.05) is 4.90 Å². The number of para-hydroxylation sites is 1. The van der Waals surface area contributed by atoms with Crippen molar-refractivity contribution in [2.24, 2.45) is 11.3 Å². The molecule has 120 valence electrons. The number of anilines is 1. The molecule has 1 amide bonds. The standard InChI is InChI=1S/C19H27NOS/c1-14-17(21)20(16-8-6-5-7-9-16)19(22-14)12-10-15(11-13-19)18(2,3)4/h5-9,14-15H,10-13H2,1-4H3. The number of thioether (sulfide) groups is 1. The monoisotopic (exact) mass is 317 g/mol. The molecule has 3 heteroatoms. The molecule has 1 saturated carbocycles. The van der Waals surface area contributed by atoms with Gasteiger partial charge in [-0.1, -0.05) is 39.0 Å². The zero-order valence-corrected chi connectivity index (χ0v) is 15.0. The van der Waals surface area contributed by atoms with Crippen molar-refractivity contribution < 1.29 is 4.79 Å². The predicted molar refractivity (Wildman–Crippen MR) is 95.1 cm³/mol. The number of carbonyl (C=O) groups excluding carboxylic acids is 1. The average Bonchev–Trinajstić information content (AvgIpc) is 2.70. The number of benzene rings is 1. The summed E-state index contributed by atoms with van der Waals surface area (Å²) < 4.78 is 0. The van der Waals surface area contributed by atoms with E-state index < -0.39 is 0 Å². The van der Waals surface area contributed by atoms with E-state index >= 15 is 0 Å². The Morgan fingerprint density at radius 2 is 1.73 bits per heavy atom. The normalized spacial score (nSPS) is 32.7. The molecular formula is C19H27NOS. The van der Waals surface area contributed by atoms with E-state index in [1.54, 1.807) is 0 Å². The molecule has 3 rings (SSSR count). The molecule has 1 aliphatic carbocycles. The first-order valence-electron chi connectivity index (χ1n) is 8.40. The smallest absolute Gasteiger partial charge is 0.241 e. The van der Waals surface area contributed by atoms with E-state index in [2.05, 4.69) is 44.7 Å². The second kappa shape index (κ2) is 5.59. The highest BCUT2D eigenvalue weighted by molar-refractivity contribution is 8.02. The number of nitrogens with zero attached hydrogens (tertiary/aromatic N) is 1. The lowest BCUT2D eigenvalue weighted by Gasteiger charge is -2.45. The van der Waals surface area contributed by atoms with Gasteiger partial charge in [0.1, 0.15) is 0 Å². The lowest BCUT2D eigenvalue weighted by molar-refractivity contribution is -0.118. The van der Waals surface area contributed by atoms with Crippen LogP contribution in [0.5, 0.6) is 0 Å². The van der Waals surface area contributed by atoms with Crippen LogP contribution in [-0.2, 0) is 4.79 Å². The van der Waals surface area contributed by atoms with Crippen molar-refractivity contribution in [3.05, 3.63) is 30.3 Å². The van der Waals surface area contributed by atoms with Gasteiger partial charge in [-0.2, -0.15) is 0 Å². The van der Waals surface area contributed by atoms with Crippen LogP contribution in [0.4, 0.5) is 5.69 Å². The maximum atomic E-state index is 12.8. The molecule has 2 aliphatic rings. The lowest BCUT2D eigenvalue weighted by Crippen LogP contribution is -2.48. The van der Waals surface area contributed by atoms with Crippen LogP contribution in [-0.4, -0.2) is 16.0 Å².